The topological polar surface area (TPSA) is 56.2 Å². The molecule has 26 heavy (non-hydrogen) atoms. The van der Waals surface area contributed by atoms with Crippen LogP contribution in [-0.4, -0.2) is 22.6 Å². The van der Waals surface area contributed by atoms with E-state index in [1.54, 1.807) is 31.4 Å². The summed E-state index contributed by atoms with van der Waals surface area (Å²) in [5, 5.41) is 5.39. The van der Waals surface area contributed by atoms with Crippen molar-refractivity contribution in [3.8, 4) is 17.0 Å². The average Bonchev–Trinajstić information content (AvgIpc) is 3.21. The van der Waals surface area contributed by atoms with Crippen molar-refractivity contribution in [2.24, 2.45) is 0 Å². The van der Waals surface area contributed by atoms with Gasteiger partial charge in [-0.2, -0.15) is 0 Å². The first-order chi connectivity index (χ1) is 12.5. The van der Waals surface area contributed by atoms with Crippen LogP contribution in [0.2, 0.25) is 0 Å². The lowest BCUT2D eigenvalue weighted by atomic mass is 10.2. The van der Waals surface area contributed by atoms with Gasteiger partial charge >= 0.3 is 0 Å². The number of ether oxygens (including phenoxy) is 1. The van der Waals surface area contributed by atoms with E-state index in [-0.39, 0.29) is 5.91 Å². The van der Waals surface area contributed by atoms with E-state index >= 15 is 0 Å². The van der Waals surface area contributed by atoms with E-state index in [0.717, 1.165) is 29.2 Å². The second-order valence-corrected chi connectivity index (χ2v) is 6.77. The van der Waals surface area contributed by atoms with E-state index in [2.05, 4.69) is 41.4 Å². The molecule has 2 heterocycles. The normalized spacial score (nSPS) is 10.6. The predicted molar refractivity (Wildman–Crippen MR) is 106 cm³/mol. The first-order valence-electron chi connectivity index (χ1n) is 8.22. The van der Waals surface area contributed by atoms with E-state index < -0.39 is 0 Å². The lowest BCUT2D eigenvalue weighted by molar-refractivity contribution is 0.102. The number of carbonyl (C=O) groups is 1. The number of methoxy groups -OCH3 is 1. The van der Waals surface area contributed by atoms with Crippen LogP contribution in [-0.2, 0) is 6.54 Å². The third kappa shape index (κ3) is 3.55. The van der Waals surface area contributed by atoms with Crippen molar-refractivity contribution in [1.82, 2.24) is 9.55 Å². The number of nitrogens with one attached hydrogen (secondary N) is 1. The molecule has 0 saturated carbocycles. The smallest absolute Gasteiger partial charge is 0.257 e. The van der Waals surface area contributed by atoms with Crippen LogP contribution in [0.25, 0.3) is 11.3 Å². The summed E-state index contributed by atoms with van der Waals surface area (Å²) < 4.78 is 7.35. The van der Waals surface area contributed by atoms with Gasteiger partial charge in [0.1, 0.15) is 5.75 Å². The molecular weight excluding hydrogens is 346 g/mol. The van der Waals surface area contributed by atoms with Gasteiger partial charge in [0.05, 0.1) is 12.8 Å². The number of aromatic nitrogens is 2. The van der Waals surface area contributed by atoms with Crippen molar-refractivity contribution in [3.63, 3.8) is 0 Å². The Morgan fingerprint density at radius 1 is 1.38 bits per heavy atom. The molecule has 0 atom stereocenters. The molecule has 0 aliphatic carbocycles. The maximum absolute atomic E-state index is 12.4. The summed E-state index contributed by atoms with van der Waals surface area (Å²) in [5.74, 6) is 0.439. The van der Waals surface area contributed by atoms with Crippen LogP contribution in [0.4, 0.5) is 5.13 Å². The fourth-order valence-electron chi connectivity index (χ4n) is 2.86. The van der Waals surface area contributed by atoms with Crippen molar-refractivity contribution in [2.45, 2.75) is 20.4 Å². The van der Waals surface area contributed by atoms with Crippen LogP contribution in [0.5, 0.6) is 5.75 Å². The molecule has 0 saturated heterocycles. The zero-order valence-corrected chi connectivity index (χ0v) is 15.9. The number of benzene rings is 1. The molecule has 0 spiro atoms. The van der Waals surface area contributed by atoms with Crippen molar-refractivity contribution in [1.29, 1.82) is 0 Å². The minimum absolute atomic E-state index is 0.207. The van der Waals surface area contributed by atoms with E-state index in [0.29, 0.717) is 16.4 Å². The van der Waals surface area contributed by atoms with Gasteiger partial charge in [0, 0.05) is 34.4 Å². The third-order valence-electron chi connectivity index (χ3n) is 4.22. The van der Waals surface area contributed by atoms with Gasteiger partial charge in [0.2, 0.25) is 0 Å². The average molecular weight is 367 g/mol. The van der Waals surface area contributed by atoms with Gasteiger partial charge in [-0.3, -0.25) is 10.1 Å². The Hall–Kier alpha value is -2.86. The summed E-state index contributed by atoms with van der Waals surface area (Å²) in [5.41, 5.74) is 4.76. The van der Waals surface area contributed by atoms with Crippen LogP contribution in [0.3, 0.4) is 0 Å². The molecule has 2 aromatic heterocycles. The van der Waals surface area contributed by atoms with Gasteiger partial charge in [-0.25, -0.2) is 4.98 Å². The minimum atomic E-state index is -0.207. The zero-order valence-electron chi connectivity index (χ0n) is 15.1. The fraction of sp³-hybridized carbons (Fsp3) is 0.200. The lowest BCUT2D eigenvalue weighted by Crippen LogP contribution is -2.11. The van der Waals surface area contributed by atoms with E-state index in [1.165, 1.54) is 11.3 Å². The number of allylic oxidation sites excluding steroid dienone is 1. The van der Waals surface area contributed by atoms with Gasteiger partial charge < -0.3 is 9.30 Å². The number of nitrogens with zero attached hydrogens (tertiary/aromatic N) is 2. The summed E-state index contributed by atoms with van der Waals surface area (Å²) in [7, 11) is 1.58. The zero-order chi connectivity index (χ0) is 18.7. The lowest BCUT2D eigenvalue weighted by Gasteiger charge is -2.05. The Bertz CT molecular complexity index is 956. The largest absolute Gasteiger partial charge is 0.497 e. The molecule has 1 N–H and O–H groups in total. The first-order valence-corrected chi connectivity index (χ1v) is 9.10. The van der Waals surface area contributed by atoms with E-state index in [1.807, 2.05) is 11.5 Å². The SMILES string of the molecule is C=CCn1c(C)cc(-c2csc(NC(=O)c3cccc(OC)c3)n2)c1C. The second kappa shape index (κ2) is 7.58. The van der Waals surface area contributed by atoms with Crippen LogP contribution in [0, 0.1) is 13.8 Å². The Kier molecular flexibility index (Phi) is 5.23. The van der Waals surface area contributed by atoms with Crippen molar-refractivity contribution in [2.75, 3.05) is 12.4 Å². The molecule has 0 radical (unpaired) electrons. The summed E-state index contributed by atoms with van der Waals surface area (Å²) in [4.78, 5) is 17.0. The Balaban J connectivity index is 1.81. The molecule has 0 bridgehead atoms. The summed E-state index contributed by atoms with van der Waals surface area (Å²) in [6, 6.07) is 9.15. The molecule has 0 aliphatic heterocycles. The molecule has 0 aliphatic rings. The number of rotatable bonds is 6. The maximum atomic E-state index is 12.4. The maximum Gasteiger partial charge on any atom is 0.257 e. The number of thiazole rings is 1. The number of hydrogen-bond donors (Lipinski definition) is 1. The van der Waals surface area contributed by atoms with Crippen molar-refractivity contribution < 1.29 is 9.53 Å². The molecule has 3 rings (SSSR count). The summed E-state index contributed by atoms with van der Waals surface area (Å²) >= 11 is 1.41. The summed E-state index contributed by atoms with van der Waals surface area (Å²) in [6.07, 6.45) is 1.88. The molecule has 6 heteroatoms. The minimum Gasteiger partial charge on any atom is -0.497 e. The number of aryl methyl sites for hydroxylation is 1. The van der Waals surface area contributed by atoms with Crippen molar-refractivity contribution in [3.05, 3.63) is 65.3 Å². The molecule has 134 valence electrons. The highest BCUT2D eigenvalue weighted by atomic mass is 32.1. The Morgan fingerprint density at radius 3 is 2.92 bits per heavy atom. The van der Waals surface area contributed by atoms with Gasteiger partial charge in [0.25, 0.3) is 5.91 Å². The van der Waals surface area contributed by atoms with Crippen molar-refractivity contribution >= 4 is 22.4 Å². The number of carbonyl (C=O) groups excluding carboxylic acids is 1. The first kappa shape index (κ1) is 17.9. The highest BCUT2D eigenvalue weighted by Gasteiger charge is 2.15. The standard InChI is InChI=1S/C20H21N3O2S/c1-5-9-23-13(2)10-17(14(23)3)18-12-26-20(21-18)22-19(24)15-7-6-8-16(11-15)25-4/h5-8,10-12H,1,9H2,2-4H3,(H,21,22,24). The fourth-order valence-corrected chi connectivity index (χ4v) is 3.56. The van der Waals surface area contributed by atoms with Crippen LogP contribution in [0.15, 0.2) is 48.4 Å². The monoisotopic (exact) mass is 367 g/mol. The molecule has 1 aromatic carbocycles. The number of amides is 1. The Morgan fingerprint density at radius 2 is 2.19 bits per heavy atom. The van der Waals surface area contributed by atoms with Gasteiger partial charge in [-0.15, -0.1) is 17.9 Å². The molecular formula is C20H21N3O2S. The molecule has 0 fully saturated rings. The molecule has 1 amide bonds. The summed E-state index contributed by atoms with van der Waals surface area (Å²) in [6.45, 7) is 8.71. The quantitative estimate of drug-likeness (QED) is 0.644. The van der Waals surface area contributed by atoms with E-state index in [4.69, 9.17) is 4.74 Å². The highest BCUT2D eigenvalue weighted by Crippen LogP contribution is 2.30. The highest BCUT2D eigenvalue weighted by molar-refractivity contribution is 7.14. The second-order valence-electron chi connectivity index (χ2n) is 5.91. The van der Waals surface area contributed by atoms with Gasteiger partial charge in [-0.05, 0) is 38.1 Å². The number of anilines is 1. The van der Waals surface area contributed by atoms with Gasteiger partial charge in [0.15, 0.2) is 5.13 Å². The van der Waals surface area contributed by atoms with Crippen LogP contribution < -0.4 is 10.1 Å². The van der Waals surface area contributed by atoms with Gasteiger partial charge in [-0.1, -0.05) is 12.1 Å². The Labute approximate surface area is 157 Å². The van der Waals surface area contributed by atoms with E-state index in [9.17, 15) is 4.79 Å². The van der Waals surface area contributed by atoms with Crippen LogP contribution in [0.1, 0.15) is 21.7 Å². The molecule has 5 nitrogen and oxygen atoms in total. The number of hydrogen-bond acceptors (Lipinski definition) is 4. The third-order valence-corrected chi connectivity index (χ3v) is 4.98. The van der Waals surface area contributed by atoms with Crippen LogP contribution >= 0.6 is 11.3 Å². The molecule has 0 unspecified atom stereocenters. The molecule has 3 aromatic rings. The predicted octanol–water partition coefficient (Wildman–Crippen LogP) is 4.68.